The number of carbonyl (C=O) groups is 1. The predicted octanol–water partition coefficient (Wildman–Crippen LogP) is 2.80. The number of halogens is 1. The van der Waals surface area contributed by atoms with Gasteiger partial charge in [0, 0.05) is 0 Å². The first-order chi connectivity index (χ1) is 7.02. The van der Waals surface area contributed by atoms with E-state index in [4.69, 9.17) is 11.6 Å². The molecule has 3 heteroatoms. The second-order valence-electron chi connectivity index (χ2n) is 3.70. The quantitative estimate of drug-likeness (QED) is 0.788. The Labute approximate surface area is 95.6 Å². The van der Waals surface area contributed by atoms with Gasteiger partial charge in [-0.3, -0.25) is 4.79 Å². The Balaban J connectivity index is 2.73. The molecule has 2 atom stereocenters. The van der Waals surface area contributed by atoms with Crippen LogP contribution in [0, 0.1) is 6.92 Å². The topological polar surface area (TPSA) is 29.1 Å². The van der Waals surface area contributed by atoms with Gasteiger partial charge in [0.15, 0.2) is 0 Å². The molecule has 0 fully saturated rings. The largest absolute Gasteiger partial charge is 0.348 e. The monoisotopic (exact) mass is 225 g/mol. The minimum atomic E-state index is -0.489. The lowest BCUT2D eigenvalue weighted by atomic mass is 10.0. The third kappa shape index (κ3) is 3.24. The zero-order valence-electron chi connectivity index (χ0n) is 9.25. The van der Waals surface area contributed by atoms with Crippen molar-refractivity contribution in [2.24, 2.45) is 0 Å². The minimum absolute atomic E-state index is 0.0000926. The molecule has 1 N–H and O–H groups in total. The van der Waals surface area contributed by atoms with Crippen LogP contribution in [0.25, 0.3) is 0 Å². The highest BCUT2D eigenvalue weighted by molar-refractivity contribution is 6.30. The first kappa shape index (κ1) is 12.1. The number of hydrogen-bond acceptors (Lipinski definition) is 1. The summed E-state index contributed by atoms with van der Waals surface area (Å²) in [6.07, 6.45) is 0. The van der Waals surface area contributed by atoms with Crippen molar-refractivity contribution in [2.45, 2.75) is 32.2 Å². The van der Waals surface area contributed by atoms with E-state index in [0.29, 0.717) is 0 Å². The number of amides is 1. The fraction of sp³-hybridized carbons (Fsp3) is 0.417. The molecule has 0 aliphatic carbocycles. The summed E-state index contributed by atoms with van der Waals surface area (Å²) < 4.78 is 0. The number of rotatable bonds is 3. The van der Waals surface area contributed by atoms with E-state index in [1.807, 2.05) is 38.1 Å². The molecule has 1 aromatic carbocycles. The maximum Gasteiger partial charge on any atom is 0.238 e. The third-order valence-electron chi connectivity index (χ3n) is 2.38. The molecule has 0 aromatic heterocycles. The Morgan fingerprint density at radius 3 is 2.47 bits per heavy atom. The van der Waals surface area contributed by atoms with Gasteiger partial charge in [0.2, 0.25) is 5.91 Å². The van der Waals surface area contributed by atoms with Crippen LogP contribution < -0.4 is 5.32 Å². The summed E-state index contributed by atoms with van der Waals surface area (Å²) >= 11 is 5.69. The van der Waals surface area contributed by atoms with E-state index in [9.17, 15) is 4.79 Å². The third-order valence-corrected chi connectivity index (χ3v) is 2.57. The molecule has 1 aromatic rings. The van der Waals surface area contributed by atoms with Gasteiger partial charge < -0.3 is 5.32 Å². The molecule has 15 heavy (non-hydrogen) atoms. The number of hydrogen-bond donors (Lipinski definition) is 1. The molecule has 0 unspecified atom stereocenters. The SMILES string of the molecule is Cc1ccccc1[C@@H](C)NC(=O)[C@@H](C)Cl. The van der Waals surface area contributed by atoms with Crippen molar-refractivity contribution < 1.29 is 4.79 Å². The number of aryl methyl sites for hydroxylation is 1. The van der Waals surface area contributed by atoms with Gasteiger partial charge in [-0.15, -0.1) is 11.6 Å². The highest BCUT2D eigenvalue weighted by atomic mass is 35.5. The van der Waals surface area contributed by atoms with Gasteiger partial charge in [-0.2, -0.15) is 0 Å². The second-order valence-corrected chi connectivity index (χ2v) is 4.36. The summed E-state index contributed by atoms with van der Waals surface area (Å²) in [5.74, 6) is -0.132. The van der Waals surface area contributed by atoms with Gasteiger partial charge >= 0.3 is 0 Å². The second kappa shape index (κ2) is 5.17. The molecule has 2 nitrogen and oxygen atoms in total. The van der Waals surface area contributed by atoms with E-state index in [1.165, 1.54) is 5.56 Å². The molecule has 0 aliphatic rings. The highest BCUT2D eigenvalue weighted by Crippen LogP contribution is 2.16. The molecule has 0 bridgehead atoms. The summed E-state index contributed by atoms with van der Waals surface area (Å²) in [5.41, 5.74) is 2.30. The molecule has 82 valence electrons. The number of nitrogens with one attached hydrogen (secondary N) is 1. The zero-order valence-corrected chi connectivity index (χ0v) is 10.0. The van der Waals surface area contributed by atoms with E-state index in [2.05, 4.69) is 5.32 Å². The van der Waals surface area contributed by atoms with Crippen molar-refractivity contribution in [3.05, 3.63) is 35.4 Å². The van der Waals surface area contributed by atoms with Gasteiger partial charge in [-0.05, 0) is 31.9 Å². The Morgan fingerprint density at radius 2 is 1.93 bits per heavy atom. The van der Waals surface area contributed by atoms with Crippen molar-refractivity contribution >= 4 is 17.5 Å². The average Bonchev–Trinajstić information content (AvgIpc) is 2.18. The minimum Gasteiger partial charge on any atom is -0.348 e. The van der Waals surface area contributed by atoms with Crippen molar-refractivity contribution in [1.29, 1.82) is 0 Å². The molecule has 0 saturated heterocycles. The van der Waals surface area contributed by atoms with Crippen molar-refractivity contribution in [1.82, 2.24) is 5.32 Å². The maximum atomic E-state index is 11.4. The first-order valence-corrected chi connectivity index (χ1v) is 5.46. The maximum absolute atomic E-state index is 11.4. The fourth-order valence-corrected chi connectivity index (χ4v) is 1.54. The first-order valence-electron chi connectivity index (χ1n) is 5.02. The molecule has 0 radical (unpaired) electrons. The smallest absolute Gasteiger partial charge is 0.238 e. The van der Waals surface area contributed by atoms with Crippen LogP contribution in [0.4, 0.5) is 0 Å². The number of carbonyl (C=O) groups excluding carboxylic acids is 1. The van der Waals surface area contributed by atoms with Gasteiger partial charge in [0.25, 0.3) is 0 Å². The molecular weight excluding hydrogens is 210 g/mol. The van der Waals surface area contributed by atoms with Gasteiger partial charge in [-0.25, -0.2) is 0 Å². The molecule has 1 amide bonds. The van der Waals surface area contributed by atoms with Crippen LogP contribution in [0.1, 0.15) is 31.0 Å². The van der Waals surface area contributed by atoms with Crippen molar-refractivity contribution in [3.8, 4) is 0 Å². The lowest BCUT2D eigenvalue weighted by Gasteiger charge is -2.17. The molecule has 0 spiro atoms. The normalized spacial score (nSPS) is 14.4. The van der Waals surface area contributed by atoms with Gasteiger partial charge in [0.1, 0.15) is 5.38 Å². The van der Waals surface area contributed by atoms with Gasteiger partial charge in [-0.1, -0.05) is 24.3 Å². The van der Waals surface area contributed by atoms with Crippen LogP contribution in [0.2, 0.25) is 0 Å². The van der Waals surface area contributed by atoms with E-state index in [0.717, 1.165) is 5.56 Å². The average molecular weight is 226 g/mol. The summed E-state index contributed by atoms with van der Waals surface area (Å²) in [7, 11) is 0. The molecule has 0 saturated carbocycles. The summed E-state index contributed by atoms with van der Waals surface area (Å²) in [6.45, 7) is 5.66. The number of benzene rings is 1. The Hall–Kier alpha value is -1.02. The van der Waals surface area contributed by atoms with Crippen molar-refractivity contribution in [2.75, 3.05) is 0 Å². The summed E-state index contributed by atoms with van der Waals surface area (Å²) in [5, 5.41) is 2.38. The van der Waals surface area contributed by atoms with Crippen LogP contribution in [0.3, 0.4) is 0 Å². The summed E-state index contributed by atoms with van der Waals surface area (Å²) in [4.78, 5) is 11.4. The predicted molar refractivity (Wildman–Crippen MR) is 63.1 cm³/mol. The van der Waals surface area contributed by atoms with E-state index in [1.54, 1.807) is 6.92 Å². The molecular formula is C12H16ClNO. The lowest BCUT2D eigenvalue weighted by Crippen LogP contribution is -2.32. The molecule has 1 rings (SSSR count). The van der Waals surface area contributed by atoms with E-state index in [-0.39, 0.29) is 11.9 Å². The van der Waals surface area contributed by atoms with Gasteiger partial charge in [0.05, 0.1) is 6.04 Å². The van der Waals surface area contributed by atoms with Crippen LogP contribution >= 0.6 is 11.6 Å². The highest BCUT2D eigenvalue weighted by Gasteiger charge is 2.14. The lowest BCUT2D eigenvalue weighted by molar-refractivity contribution is -0.121. The van der Waals surface area contributed by atoms with Crippen LogP contribution in [-0.2, 0) is 4.79 Å². The van der Waals surface area contributed by atoms with Crippen LogP contribution in [0.5, 0.6) is 0 Å². The standard InChI is InChI=1S/C12H16ClNO/c1-8-6-4-5-7-11(8)10(3)14-12(15)9(2)13/h4-7,9-10H,1-3H3,(H,14,15)/t9-,10-/m1/s1. The Bertz CT molecular complexity index is 349. The van der Waals surface area contributed by atoms with Crippen LogP contribution in [-0.4, -0.2) is 11.3 Å². The van der Waals surface area contributed by atoms with E-state index < -0.39 is 5.38 Å². The van der Waals surface area contributed by atoms with Crippen molar-refractivity contribution in [3.63, 3.8) is 0 Å². The summed E-state index contributed by atoms with van der Waals surface area (Å²) in [6, 6.07) is 7.99. The molecule has 0 aliphatic heterocycles. The van der Waals surface area contributed by atoms with Crippen LogP contribution in [0.15, 0.2) is 24.3 Å². The molecule has 0 heterocycles. The Morgan fingerprint density at radius 1 is 1.33 bits per heavy atom. The Kier molecular flexibility index (Phi) is 4.15. The fourth-order valence-electron chi connectivity index (χ4n) is 1.48. The zero-order chi connectivity index (χ0) is 11.4. The van der Waals surface area contributed by atoms with E-state index >= 15 is 0 Å². The number of alkyl halides is 1.